The van der Waals surface area contributed by atoms with Gasteiger partial charge in [0.15, 0.2) is 0 Å². The molecule has 1 aliphatic carbocycles. The number of aliphatic carboxylic acids is 1. The Morgan fingerprint density at radius 1 is 0.886 bits per heavy atom. The number of carboxylic acid groups (broad SMARTS) is 1. The first-order chi connectivity index (χ1) is 16.4. The molecule has 182 valence electrons. The number of hydrogen-bond acceptors (Lipinski definition) is 4. The molecular formula is C29H32O5Si. The zero-order chi connectivity index (χ0) is 25.5. The van der Waals surface area contributed by atoms with E-state index in [1.165, 1.54) is 0 Å². The van der Waals surface area contributed by atoms with Gasteiger partial charge in [-0.05, 0) is 70.2 Å². The van der Waals surface area contributed by atoms with Gasteiger partial charge in [-0.25, -0.2) is 4.79 Å². The van der Waals surface area contributed by atoms with Crippen molar-refractivity contribution in [2.45, 2.75) is 45.0 Å². The molecule has 0 fully saturated rings. The maximum Gasteiger partial charge on any atom is 0.335 e. The minimum Gasteiger partial charge on any atom is -0.544 e. The SMILES string of the molecule is COc1ccc(C2=C(C(=O)O)C(O)c3cccc(-c4ccc(O[Si](C)(C)C(C)(C)C)cc4)c32)cc1. The van der Waals surface area contributed by atoms with Crippen molar-refractivity contribution in [3.05, 3.63) is 89.0 Å². The van der Waals surface area contributed by atoms with Gasteiger partial charge in [0.1, 0.15) is 17.6 Å². The van der Waals surface area contributed by atoms with Crippen molar-refractivity contribution < 1.29 is 24.2 Å². The third-order valence-corrected chi connectivity index (χ3v) is 11.5. The molecule has 1 atom stereocenters. The highest BCUT2D eigenvalue weighted by molar-refractivity contribution is 6.74. The molecule has 3 aromatic rings. The van der Waals surface area contributed by atoms with Crippen molar-refractivity contribution in [1.29, 1.82) is 0 Å². The van der Waals surface area contributed by atoms with Crippen LogP contribution in [0.1, 0.15) is 43.6 Å². The van der Waals surface area contributed by atoms with E-state index in [9.17, 15) is 15.0 Å². The number of aliphatic hydroxyl groups excluding tert-OH is 1. The van der Waals surface area contributed by atoms with Gasteiger partial charge in [-0.1, -0.05) is 63.2 Å². The molecule has 4 rings (SSSR count). The van der Waals surface area contributed by atoms with Gasteiger partial charge in [-0.15, -0.1) is 0 Å². The van der Waals surface area contributed by atoms with Crippen LogP contribution >= 0.6 is 0 Å². The molecular weight excluding hydrogens is 456 g/mol. The van der Waals surface area contributed by atoms with Crippen molar-refractivity contribution in [3.63, 3.8) is 0 Å². The summed E-state index contributed by atoms with van der Waals surface area (Å²) >= 11 is 0. The fraction of sp³-hybridized carbons (Fsp3) is 0.276. The largest absolute Gasteiger partial charge is 0.544 e. The highest BCUT2D eigenvalue weighted by atomic mass is 28.4. The van der Waals surface area contributed by atoms with Crippen LogP contribution < -0.4 is 9.16 Å². The van der Waals surface area contributed by atoms with E-state index < -0.39 is 20.4 Å². The van der Waals surface area contributed by atoms with Crippen LogP contribution in [0, 0.1) is 0 Å². The summed E-state index contributed by atoms with van der Waals surface area (Å²) < 4.78 is 11.7. The van der Waals surface area contributed by atoms with Crippen molar-refractivity contribution in [2.75, 3.05) is 7.11 Å². The predicted octanol–water partition coefficient (Wildman–Crippen LogP) is 6.68. The molecule has 5 nitrogen and oxygen atoms in total. The number of methoxy groups -OCH3 is 1. The lowest BCUT2D eigenvalue weighted by molar-refractivity contribution is -0.133. The Balaban J connectivity index is 1.81. The number of carboxylic acids is 1. The molecule has 0 aliphatic heterocycles. The Bertz CT molecular complexity index is 1280. The van der Waals surface area contributed by atoms with Gasteiger partial charge in [0, 0.05) is 5.57 Å². The summed E-state index contributed by atoms with van der Waals surface area (Å²) in [6, 6.07) is 20.8. The monoisotopic (exact) mass is 488 g/mol. The van der Waals surface area contributed by atoms with Crippen LogP contribution in [0.3, 0.4) is 0 Å². The predicted molar refractivity (Wildman–Crippen MR) is 141 cm³/mol. The highest BCUT2D eigenvalue weighted by Crippen LogP contribution is 2.48. The minimum atomic E-state index is -1.97. The van der Waals surface area contributed by atoms with Gasteiger partial charge in [0.25, 0.3) is 0 Å². The first-order valence-electron chi connectivity index (χ1n) is 11.7. The van der Waals surface area contributed by atoms with Crippen LogP contribution in [0.4, 0.5) is 0 Å². The van der Waals surface area contributed by atoms with E-state index >= 15 is 0 Å². The summed E-state index contributed by atoms with van der Waals surface area (Å²) in [5.41, 5.74) is 4.34. The molecule has 0 amide bonds. The second-order valence-corrected chi connectivity index (χ2v) is 15.1. The fourth-order valence-electron chi connectivity index (χ4n) is 4.18. The summed E-state index contributed by atoms with van der Waals surface area (Å²) in [5.74, 6) is 0.365. The number of aliphatic hydroxyl groups is 1. The van der Waals surface area contributed by atoms with Crippen LogP contribution in [0.2, 0.25) is 18.1 Å². The van der Waals surface area contributed by atoms with Crippen LogP contribution in [-0.4, -0.2) is 31.6 Å². The third kappa shape index (κ3) is 4.51. The molecule has 0 heterocycles. The van der Waals surface area contributed by atoms with E-state index in [1.54, 1.807) is 25.3 Å². The molecule has 0 bridgehead atoms. The second kappa shape index (κ2) is 9.02. The lowest BCUT2D eigenvalue weighted by atomic mass is 9.90. The van der Waals surface area contributed by atoms with Gasteiger partial charge in [-0.2, -0.15) is 0 Å². The van der Waals surface area contributed by atoms with Gasteiger partial charge in [-0.3, -0.25) is 0 Å². The van der Waals surface area contributed by atoms with E-state index in [0.29, 0.717) is 22.4 Å². The molecule has 0 aromatic heterocycles. The molecule has 0 radical (unpaired) electrons. The Labute approximate surface area is 207 Å². The minimum absolute atomic E-state index is 0.0181. The number of hydrogen-bond donors (Lipinski definition) is 2. The molecule has 0 saturated carbocycles. The normalized spacial score (nSPS) is 15.7. The molecule has 6 heteroatoms. The summed E-state index contributed by atoms with van der Waals surface area (Å²) in [6.45, 7) is 11.1. The maximum absolute atomic E-state index is 12.2. The highest BCUT2D eigenvalue weighted by Gasteiger charge is 2.39. The zero-order valence-electron chi connectivity index (χ0n) is 21.0. The number of benzene rings is 3. The number of fused-ring (bicyclic) bond motifs is 1. The number of rotatable bonds is 6. The van der Waals surface area contributed by atoms with Gasteiger partial charge >= 0.3 is 5.97 Å². The topological polar surface area (TPSA) is 76.0 Å². The maximum atomic E-state index is 12.2. The van der Waals surface area contributed by atoms with Crippen LogP contribution in [0.15, 0.2) is 72.3 Å². The molecule has 35 heavy (non-hydrogen) atoms. The quantitative estimate of drug-likeness (QED) is 0.379. The first-order valence-corrected chi connectivity index (χ1v) is 14.6. The van der Waals surface area contributed by atoms with Crippen molar-refractivity contribution >= 4 is 19.9 Å². The standard InChI is InChI=1S/C29H32O5Si/c1-29(2,3)35(5,6)34-21-16-10-18(11-17-21)22-8-7-9-23-25(22)24(26(27(23)30)28(31)32)19-12-14-20(33-4)15-13-19/h7-17,27,30H,1-6H3,(H,31,32). The number of carbonyl (C=O) groups is 1. The lowest BCUT2D eigenvalue weighted by Crippen LogP contribution is -2.43. The molecule has 0 saturated heterocycles. The third-order valence-electron chi connectivity index (χ3n) is 7.14. The van der Waals surface area contributed by atoms with E-state index in [0.717, 1.165) is 22.4 Å². The fourth-order valence-corrected chi connectivity index (χ4v) is 5.21. The van der Waals surface area contributed by atoms with E-state index in [4.69, 9.17) is 9.16 Å². The van der Waals surface area contributed by atoms with E-state index in [1.807, 2.05) is 48.5 Å². The van der Waals surface area contributed by atoms with Crippen LogP contribution in [-0.2, 0) is 4.79 Å². The summed E-state index contributed by atoms with van der Waals surface area (Å²) in [6.07, 6.45) is -1.21. The average Bonchev–Trinajstić information content (AvgIpc) is 3.11. The first kappa shape index (κ1) is 24.8. The molecule has 1 unspecified atom stereocenters. The Morgan fingerprint density at radius 3 is 2.00 bits per heavy atom. The molecule has 2 N–H and O–H groups in total. The van der Waals surface area contributed by atoms with E-state index in [-0.39, 0.29) is 10.6 Å². The van der Waals surface area contributed by atoms with Gasteiger partial charge < -0.3 is 19.4 Å². The molecule has 3 aromatic carbocycles. The van der Waals surface area contributed by atoms with Crippen LogP contribution in [0.25, 0.3) is 16.7 Å². The second-order valence-electron chi connectivity index (χ2n) is 10.4. The molecule has 0 spiro atoms. The van der Waals surface area contributed by atoms with Gasteiger partial charge in [0.2, 0.25) is 8.32 Å². The summed E-state index contributed by atoms with van der Waals surface area (Å²) in [4.78, 5) is 12.2. The summed E-state index contributed by atoms with van der Waals surface area (Å²) in [5, 5.41) is 21.1. The zero-order valence-corrected chi connectivity index (χ0v) is 22.0. The summed E-state index contributed by atoms with van der Waals surface area (Å²) in [7, 11) is -0.384. The Morgan fingerprint density at radius 2 is 1.46 bits per heavy atom. The van der Waals surface area contributed by atoms with E-state index in [2.05, 4.69) is 33.9 Å². The van der Waals surface area contributed by atoms with Crippen LogP contribution in [0.5, 0.6) is 11.5 Å². The van der Waals surface area contributed by atoms with Gasteiger partial charge in [0.05, 0.1) is 12.7 Å². The lowest BCUT2D eigenvalue weighted by Gasteiger charge is -2.36. The Hall–Kier alpha value is -3.35. The van der Waals surface area contributed by atoms with Crippen molar-refractivity contribution in [2.24, 2.45) is 0 Å². The van der Waals surface area contributed by atoms with Crippen molar-refractivity contribution in [3.8, 4) is 22.6 Å². The smallest absolute Gasteiger partial charge is 0.335 e. The number of ether oxygens (including phenoxy) is 1. The average molecular weight is 489 g/mol. The van der Waals surface area contributed by atoms with Crippen molar-refractivity contribution in [1.82, 2.24) is 0 Å². The molecule has 1 aliphatic rings. The Kier molecular flexibility index (Phi) is 6.38.